The summed E-state index contributed by atoms with van der Waals surface area (Å²) in [5.74, 6) is -0.317. The van der Waals surface area contributed by atoms with Crippen LogP contribution in [0.15, 0.2) is 66.7 Å². The van der Waals surface area contributed by atoms with Crippen LogP contribution >= 0.6 is 23.2 Å². The Bertz CT molecular complexity index is 1330. The molecule has 0 bridgehead atoms. The number of carbonyl (C=O) groups excluding carboxylic acids is 1. The number of carbonyl (C=O) groups is 1. The Kier molecular flexibility index (Phi) is 7.97. The Morgan fingerprint density at radius 2 is 1.83 bits per heavy atom. The highest BCUT2D eigenvalue weighted by Crippen LogP contribution is 2.26. The van der Waals surface area contributed by atoms with Crippen LogP contribution in [0.2, 0.25) is 10.0 Å². The standard InChI is InChI=1S/C25H21Cl2FN4O3/c1-2-34-12-13-35-25-30-23(16-4-3-5-18(28)14-16)32(31-25)20-9-7-19(8-10-20)29-24(33)17-6-11-21(26)22(27)15-17/h3-11,14-15H,2,12-13H2,1H3,(H,29,33). The van der Waals surface area contributed by atoms with Crippen LogP contribution in [0, 0.1) is 5.82 Å². The van der Waals surface area contributed by atoms with Crippen molar-refractivity contribution in [3.8, 4) is 23.1 Å². The van der Waals surface area contributed by atoms with Crippen LogP contribution in [0.4, 0.5) is 10.1 Å². The molecule has 1 N–H and O–H groups in total. The number of hydrogen-bond acceptors (Lipinski definition) is 5. The Morgan fingerprint density at radius 3 is 2.54 bits per heavy atom. The van der Waals surface area contributed by atoms with Crippen molar-refractivity contribution in [2.45, 2.75) is 6.92 Å². The van der Waals surface area contributed by atoms with Crippen molar-refractivity contribution in [3.63, 3.8) is 0 Å². The van der Waals surface area contributed by atoms with Crippen LogP contribution in [0.5, 0.6) is 6.01 Å². The number of rotatable bonds is 9. The van der Waals surface area contributed by atoms with Crippen molar-refractivity contribution in [3.05, 3.63) is 88.2 Å². The van der Waals surface area contributed by atoms with E-state index in [1.165, 1.54) is 18.2 Å². The Balaban J connectivity index is 1.57. The van der Waals surface area contributed by atoms with Crippen molar-refractivity contribution in [2.24, 2.45) is 0 Å². The number of halogens is 3. The van der Waals surface area contributed by atoms with E-state index >= 15 is 0 Å². The Labute approximate surface area is 211 Å². The molecule has 4 aromatic rings. The number of nitrogens with one attached hydrogen (secondary N) is 1. The second-order valence-corrected chi connectivity index (χ2v) is 8.13. The zero-order chi connectivity index (χ0) is 24.8. The first-order chi connectivity index (χ1) is 16.9. The van der Waals surface area contributed by atoms with Gasteiger partial charge in [0.2, 0.25) is 0 Å². The quantitative estimate of drug-likeness (QED) is 0.275. The van der Waals surface area contributed by atoms with Gasteiger partial charge < -0.3 is 14.8 Å². The van der Waals surface area contributed by atoms with Crippen LogP contribution in [-0.4, -0.2) is 40.5 Å². The van der Waals surface area contributed by atoms with E-state index < -0.39 is 5.82 Å². The lowest BCUT2D eigenvalue weighted by Gasteiger charge is -2.09. The fourth-order valence-corrected chi connectivity index (χ4v) is 3.51. The van der Waals surface area contributed by atoms with Crippen LogP contribution in [0.3, 0.4) is 0 Å². The topological polar surface area (TPSA) is 78.3 Å². The molecule has 1 amide bonds. The fourth-order valence-electron chi connectivity index (χ4n) is 3.21. The highest BCUT2D eigenvalue weighted by molar-refractivity contribution is 6.42. The molecule has 0 radical (unpaired) electrons. The predicted molar refractivity (Wildman–Crippen MR) is 133 cm³/mol. The van der Waals surface area contributed by atoms with Crippen molar-refractivity contribution in [1.29, 1.82) is 0 Å². The van der Waals surface area contributed by atoms with Gasteiger partial charge in [0.1, 0.15) is 12.4 Å². The molecule has 4 rings (SSSR count). The summed E-state index contributed by atoms with van der Waals surface area (Å²) < 4.78 is 26.3. The Hall–Kier alpha value is -3.46. The van der Waals surface area contributed by atoms with E-state index in [0.29, 0.717) is 51.6 Å². The molecule has 0 spiro atoms. The van der Waals surface area contributed by atoms with Crippen molar-refractivity contribution >= 4 is 34.8 Å². The van der Waals surface area contributed by atoms with Gasteiger partial charge >= 0.3 is 6.01 Å². The summed E-state index contributed by atoms with van der Waals surface area (Å²) in [6.45, 7) is 3.15. The monoisotopic (exact) mass is 514 g/mol. The first kappa shape index (κ1) is 24.7. The van der Waals surface area contributed by atoms with Crippen molar-refractivity contribution in [2.75, 3.05) is 25.1 Å². The number of aromatic nitrogens is 3. The number of nitrogens with zero attached hydrogens (tertiary/aromatic N) is 3. The van der Waals surface area contributed by atoms with E-state index in [0.717, 1.165) is 0 Å². The lowest BCUT2D eigenvalue weighted by atomic mass is 10.2. The van der Waals surface area contributed by atoms with Gasteiger partial charge in [0.15, 0.2) is 5.82 Å². The van der Waals surface area contributed by atoms with Gasteiger partial charge in [-0.3, -0.25) is 4.79 Å². The second kappa shape index (κ2) is 11.3. The van der Waals surface area contributed by atoms with E-state index in [1.807, 2.05) is 6.92 Å². The molecule has 0 aliphatic rings. The molecule has 1 aromatic heterocycles. The van der Waals surface area contributed by atoms with E-state index in [2.05, 4.69) is 15.4 Å². The number of hydrogen-bond donors (Lipinski definition) is 1. The summed E-state index contributed by atoms with van der Waals surface area (Å²) in [7, 11) is 0. The number of amides is 1. The maximum absolute atomic E-state index is 13.9. The fraction of sp³-hybridized carbons (Fsp3) is 0.160. The van der Waals surface area contributed by atoms with Gasteiger partial charge in [0.25, 0.3) is 5.91 Å². The van der Waals surface area contributed by atoms with Gasteiger partial charge in [0.05, 0.1) is 22.3 Å². The molecule has 35 heavy (non-hydrogen) atoms. The Morgan fingerprint density at radius 1 is 1.03 bits per heavy atom. The van der Waals surface area contributed by atoms with E-state index in [-0.39, 0.29) is 18.5 Å². The van der Waals surface area contributed by atoms with Gasteiger partial charge in [-0.25, -0.2) is 9.07 Å². The molecular formula is C25H21Cl2FN4O3. The largest absolute Gasteiger partial charge is 0.460 e. The zero-order valence-corrected chi connectivity index (χ0v) is 20.2. The number of anilines is 1. The molecule has 0 fully saturated rings. The predicted octanol–water partition coefficient (Wildman–Crippen LogP) is 6.05. The molecule has 1 heterocycles. The highest BCUT2D eigenvalue weighted by atomic mass is 35.5. The van der Waals surface area contributed by atoms with Crippen LogP contribution in [0.1, 0.15) is 17.3 Å². The molecule has 10 heteroatoms. The summed E-state index contributed by atoms with van der Waals surface area (Å²) in [4.78, 5) is 17.0. The molecule has 180 valence electrons. The smallest absolute Gasteiger partial charge is 0.336 e. The lowest BCUT2D eigenvalue weighted by molar-refractivity contribution is 0.102. The SMILES string of the molecule is CCOCCOc1nc(-c2cccc(F)c2)n(-c2ccc(NC(=O)c3ccc(Cl)c(Cl)c3)cc2)n1. The molecular weight excluding hydrogens is 494 g/mol. The van der Waals surface area contributed by atoms with Crippen LogP contribution in [-0.2, 0) is 4.74 Å². The lowest BCUT2D eigenvalue weighted by Crippen LogP contribution is -2.12. The third-order valence-electron chi connectivity index (χ3n) is 4.89. The number of benzene rings is 3. The average Bonchev–Trinajstić information content (AvgIpc) is 3.28. The van der Waals surface area contributed by atoms with Gasteiger partial charge in [-0.05, 0) is 61.5 Å². The minimum atomic E-state index is -0.392. The summed E-state index contributed by atoms with van der Waals surface area (Å²) in [6.07, 6.45) is 0. The number of ether oxygens (including phenoxy) is 2. The first-order valence-electron chi connectivity index (χ1n) is 10.7. The normalized spacial score (nSPS) is 10.9. The molecule has 0 aliphatic carbocycles. The molecule has 7 nitrogen and oxygen atoms in total. The molecule has 0 unspecified atom stereocenters. The molecule has 0 atom stereocenters. The van der Waals surface area contributed by atoms with Gasteiger partial charge in [-0.15, -0.1) is 5.10 Å². The van der Waals surface area contributed by atoms with Crippen LogP contribution in [0.25, 0.3) is 17.1 Å². The van der Waals surface area contributed by atoms with Crippen molar-refractivity contribution < 1.29 is 18.7 Å². The second-order valence-electron chi connectivity index (χ2n) is 7.32. The minimum Gasteiger partial charge on any atom is -0.460 e. The summed E-state index contributed by atoms with van der Waals surface area (Å²) >= 11 is 11.9. The van der Waals surface area contributed by atoms with Gasteiger partial charge in [-0.1, -0.05) is 35.3 Å². The van der Waals surface area contributed by atoms with E-state index in [4.69, 9.17) is 32.7 Å². The third-order valence-corrected chi connectivity index (χ3v) is 5.62. The zero-order valence-electron chi connectivity index (χ0n) is 18.7. The van der Waals surface area contributed by atoms with Crippen LogP contribution < -0.4 is 10.1 Å². The molecule has 0 saturated heterocycles. The van der Waals surface area contributed by atoms with E-state index in [9.17, 15) is 9.18 Å². The summed E-state index contributed by atoms with van der Waals surface area (Å²) in [5.41, 5.74) is 2.12. The average molecular weight is 515 g/mol. The molecule has 0 aliphatic heterocycles. The van der Waals surface area contributed by atoms with E-state index in [1.54, 1.807) is 53.2 Å². The van der Waals surface area contributed by atoms with Gasteiger partial charge in [0, 0.05) is 23.4 Å². The minimum absolute atomic E-state index is 0.140. The maximum atomic E-state index is 13.9. The van der Waals surface area contributed by atoms with Gasteiger partial charge in [-0.2, -0.15) is 4.98 Å². The molecule has 3 aromatic carbocycles. The summed E-state index contributed by atoms with van der Waals surface area (Å²) in [5, 5.41) is 7.91. The molecule has 0 saturated carbocycles. The van der Waals surface area contributed by atoms with Crippen molar-refractivity contribution in [1.82, 2.24) is 14.8 Å². The highest BCUT2D eigenvalue weighted by Gasteiger charge is 2.16. The maximum Gasteiger partial charge on any atom is 0.336 e. The first-order valence-corrected chi connectivity index (χ1v) is 11.5. The summed E-state index contributed by atoms with van der Waals surface area (Å²) in [6, 6.07) is 17.8. The third kappa shape index (κ3) is 6.16.